The normalized spacial score (nSPS) is 13.7. The zero-order valence-corrected chi connectivity index (χ0v) is 30.8. The van der Waals surface area contributed by atoms with Crippen LogP contribution in [0.2, 0.25) is 5.02 Å². The van der Waals surface area contributed by atoms with Gasteiger partial charge >= 0.3 is 0 Å². The molecule has 0 saturated heterocycles. The van der Waals surface area contributed by atoms with Gasteiger partial charge in [0.15, 0.2) is 5.82 Å². The first-order valence-electron chi connectivity index (χ1n) is 17.0. The van der Waals surface area contributed by atoms with Crippen LogP contribution in [0.5, 0.6) is 0 Å². The third kappa shape index (κ3) is 6.47. The summed E-state index contributed by atoms with van der Waals surface area (Å²) >= 11 is 7.89. The Bertz CT molecular complexity index is 2400. The minimum atomic E-state index is -0.560. The van der Waals surface area contributed by atoms with E-state index >= 15 is 0 Å². The molecule has 1 atom stereocenters. The Kier molecular flexibility index (Phi) is 9.92. The first-order valence-corrected chi connectivity index (χ1v) is 18.2. The van der Waals surface area contributed by atoms with Crippen LogP contribution in [-0.4, -0.2) is 63.2 Å². The Morgan fingerprint density at radius 1 is 0.962 bits per heavy atom. The zero-order chi connectivity index (χ0) is 36.5. The SMILES string of the molecule is C=CC(=C)n1c2ccccc2c2c(C(=O)NCCOCCNC(=O)C[C@@H]3N=C(c4ccc(Cl)cc4)c4c(sc(C)c4C)-n4c(C)nnc43)cccc21. The van der Waals surface area contributed by atoms with Gasteiger partial charge in [-0.15, -0.1) is 21.5 Å². The van der Waals surface area contributed by atoms with E-state index in [9.17, 15) is 9.59 Å². The summed E-state index contributed by atoms with van der Waals surface area (Å²) in [7, 11) is 0. The van der Waals surface area contributed by atoms with Gasteiger partial charge in [-0.25, -0.2) is 0 Å². The second-order valence-corrected chi connectivity index (χ2v) is 14.2. The average Bonchev–Trinajstić information content (AvgIpc) is 3.76. The van der Waals surface area contributed by atoms with Gasteiger partial charge in [0.2, 0.25) is 5.91 Å². The van der Waals surface area contributed by atoms with E-state index in [1.807, 2.05) is 82.8 Å². The van der Waals surface area contributed by atoms with E-state index in [4.69, 9.17) is 21.3 Å². The Balaban J connectivity index is 0.971. The lowest BCUT2D eigenvalue weighted by atomic mass is 9.99. The van der Waals surface area contributed by atoms with E-state index in [0.717, 1.165) is 60.7 Å². The van der Waals surface area contributed by atoms with Crippen LogP contribution >= 0.6 is 22.9 Å². The van der Waals surface area contributed by atoms with Crippen molar-refractivity contribution in [1.82, 2.24) is 30.0 Å². The predicted molar refractivity (Wildman–Crippen MR) is 209 cm³/mol. The fourth-order valence-corrected chi connectivity index (χ4v) is 8.03. The second kappa shape index (κ2) is 14.7. The van der Waals surface area contributed by atoms with Crippen LogP contribution in [0.3, 0.4) is 0 Å². The van der Waals surface area contributed by atoms with Gasteiger partial charge < -0.3 is 19.9 Å². The molecule has 1 aliphatic rings. The minimum absolute atomic E-state index is 0.0837. The molecule has 0 saturated carbocycles. The maximum atomic E-state index is 13.3. The number of aliphatic imine (C=N–C) groups is 1. The van der Waals surface area contributed by atoms with E-state index in [1.165, 1.54) is 4.88 Å². The number of hydrogen-bond donors (Lipinski definition) is 2. The first kappa shape index (κ1) is 35.1. The molecular weight excluding hydrogens is 694 g/mol. The lowest BCUT2D eigenvalue weighted by molar-refractivity contribution is -0.121. The van der Waals surface area contributed by atoms with Gasteiger partial charge in [0.1, 0.15) is 16.9 Å². The molecule has 3 aromatic carbocycles. The number of allylic oxidation sites excluding steroid dienone is 2. The highest BCUT2D eigenvalue weighted by molar-refractivity contribution is 7.15. The summed E-state index contributed by atoms with van der Waals surface area (Å²) in [4.78, 5) is 33.0. The van der Waals surface area contributed by atoms with Crippen LogP contribution in [0.15, 0.2) is 91.0 Å². The number of amides is 2. The van der Waals surface area contributed by atoms with Crippen LogP contribution < -0.4 is 10.6 Å². The summed E-state index contributed by atoms with van der Waals surface area (Å²) in [5, 5.41) is 18.2. The topological polar surface area (TPSA) is 115 Å². The van der Waals surface area contributed by atoms with Gasteiger partial charge in [-0.3, -0.25) is 19.1 Å². The van der Waals surface area contributed by atoms with Gasteiger partial charge in [-0.05, 0) is 62.7 Å². The summed E-state index contributed by atoms with van der Waals surface area (Å²) in [5.41, 5.74) is 7.00. The molecule has 12 heteroatoms. The Morgan fingerprint density at radius 2 is 1.69 bits per heavy atom. The first-order chi connectivity index (χ1) is 25.2. The van der Waals surface area contributed by atoms with Crippen LogP contribution in [0.1, 0.15) is 56.0 Å². The third-order valence-electron chi connectivity index (χ3n) is 9.30. The van der Waals surface area contributed by atoms with Crippen molar-refractivity contribution in [3.8, 4) is 5.00 Å². The van der Waals surface area contributed by atoms with Gasteiger partial charge in [0, 0.05) is 56.1 Å². The highest BCUT2D eigenvalue weighted by Gasteiger charge is 2.32. The van der Waals surface area contributed by atoms with E-state index < -0.39 is 6.04 Å². The smallest absolute Gasteiger partial charge is 0.252 e. The summed E-state index contributed by atoms with van der Waals surface area (Å²) < 4.78 is 9.81. The monoisotopic (exact) mass is 731 g/mol. The van der Waals surface area contributed by atoms with E-state index in [0.29, 0.717) is 29.5 Å². The summed E-state index contributed by atoms with van der Waals surface area (Å²) in [6.45, 7) is 15.3. The van der Waals surface area contributed by atoms with Crippen LogP contribution in [-0.2, 0) is 9.53 Å². The predicted octanol–water partition coefficient (Wildman–Crippen LogP) is 7.52. The quantitative estimate of drug-likeness (QED) is 0.0999. The Hall–Kier alpha value is -5.36. The minimum Gasteiger partial charge on any atom is -0.378 e. The van der Waals surface area contributed by atoms with Crippen molar-refractivity contribution >= 4 is 68.0 Å². The number of aromatic nitrogens is 4. The molecule has 2 amide bonds. The van der Waals surface area contributed by atoms with Gasteiger partial charge in [-0.1, -0.05) is 61.2 Å². The fraction of sp³-hybridized carbons (Fsp3) is 0.225. The molecule has 0 aliphatic carbocycles. The van der Waals surface area contributed by atoms with E-state index in [1.54, 1.807) is 17.4 Å². The number of hydrogen-bond acceptors (Lipinski definition) is 7. The number of benzene rings is 3. The van der Waals surface area contributed by atoms with Crippen molar-refractivity contribution in [1.29, 1.82) is 0 Å². The third-order valence-corrected chi connectivity index (χ3v) is 10.7. The number of nitrogens with one attached hydrogen (secondary N) is 2. The van der Waals surface area contributed by atoms with Crippen molar-refractivity contribution in [2.75, 3.05) is 26.3 Å². The molecule has 3 aromatic heterocycles. The average molecular weight is 732 g/mol. The molecule has 0 unspecified atom stereocenters. The molecule has 6 aromatic rings. The van der Waals surface area contributed by atoms with Crippen LogP contribution in [0.4, 0.5) is 0 Å². The molecular formula is C40H38ClN7O3S. The molecule has 7 rings (SSSR count). The molecule has 0 bridgehead atoms. The summed E-state index contributed by atoms with van der Waals surface area (Å²) in [5.74, 6) is 0.979. The number of para-hydroxylation sites is 1. The maximum absolute atomic E-state index is 13.3. The maximum Gasteiger partial charge on any atom is 0.252 e. The zero-order valence-electron chi connectivity index (χ0n) is 29.2. The van der Waals surface area contributed by atoms with Gasteiger partial charge in [0.25, 0.3) is 5.91 Å². The van der Waals surface area contributed by atoms with Crippen molar-refractivity contribution in [3.05, 3.63) is 130 Å². The number of ether oxygens (including phenoxy) is 1. The Morgan fingerprint density at radius 3 is 2.46 bits per heavy atom. The van der Waals surface area contributed by atoms with Gasteiger partial charge in [-0.2, -0.15) is 0 Å². The van der Waals surface area contributed by atoms with Crippen molar-refractivity contribution in [3.63, 3.8) is 0 Å². The lowest BCUT2D eigenvalue weighted by Crippen LogP contribution is -2.31. The number of carbonyl (C=O) groups is 2. The number of fused-ring (bicyclic) bond motifs is 6. The molecule has 0 fully saturated rings. The number of nitrogens with zero attached hydrogens (tertiary/aromatic N) is 5. The van der Waals surface area contributed by atoms with Crippen LogP contribution in [0, 0.1) is 20.8 Å². The Labute approximate surface area is 310 Å². The number of aryl methyl sites for hydroxylation is 2. The number of carbonyl (C=O) groups excluding carboxylic acids is 2. The second-order valence-electron chi connectivity index (χ2n) is 12.6. The standard InChI is InChI=1S/C40H38ClN7O3S/c1-6-23(2)47-32-12-8-7-10-29(32)36-30(11-9-13-33(36)47)39(50)43-19-21-51-20-18-42-34(49)22-31-38-46-45-26(5)48(38)40-35(24(3)25(4)52-40)37(44-31)27-14-16-28(41)17-15-27/h6-17,31H,1-2,18-22H2,3-5H3,(H,42,49)(H,43,50)/t31-/m0/s1. The summed E-state index contributed by atoms with van der Waals surface area (Å²) in [6.07, 6.45) is 1.79. The molecule has 2 N–H and O–H groups in total. The van der Waals surface area contributed by atoms with Crippen molar-refractivity contribution < 1.29 is 14.3 Å². The molecule has 4 heterocycles. The molecule has 264 valence electrons. The number of thiophene rings is 1. The number of rotatable bonds is 12. The summed E-state index contributed by atoms with van der Waals surface area (Å²) in [6, 6.07) is 20.6. The molecule has 0 radical (unpaired) electrons. The van der Waals surface area contributed by atoms with Crippen LogP contribution in [0.25, 0.3) is 32.5 Å². The highest BCUT2D eigenvalue weighted by Crippen LogP contribution is 2.40. The molecule has 1 aliphatic heterocycles. The fourth-order valence-electron chi connectivity index (χ4n) is 6.69. The number of halogens is 1. The van der Waals surface area contributed by atoms with Crippen molar-refractivity contribution in [2.24, 2.45) is 4.99 Å². The van der Waals surface area contributed by atoms with E-state index in [2.05, 4.69) is 47.8 Å². The lowest BCUT2D eigenvalue weighted by Gasteiger charge is -2.13. The van der Waals surface area contributed by atoms with Crippen molar-refractivity contribution in [2.45, 2.75) is 33.2 Å². The molecule has 52 heavy (non-hydrogen) atoms. The van der Waals surface area contributed by atoms with Gasteiger partial charge in [0.05, 0.1) is 36.4 Å². The molecule has 0 spiro atoms. The largest absolute Gasteiger partial charge is 0.378 e. The van der Waals surface area contributed by atoms with E-state index in [-0.39, 0.29) is 31.4 Å². The molecule has 10 nitrogen and oxygen atoms in total. The highest BCUT2D eigenvalue weighted by atomic mass is 35.5.